The summed E-state index contributed by atoms with van der Waals surface area (Å²) in [6.07, 6.45) is -1.66. The van der Waals surface area contributed by atoms with Gasteiger partial charge in [-0.2, -0.15) is 23.4 Å². The van der Waals surface area contributed by atoms with Crippen LogP contribution in [0.4, 0.5) is 13.2 Å². The fourth-order valence-corrected chi connectivity index (χ4v) is 3.25. The third-order valence-electron chi connectivity index (χ3n) is 5.23. The van der Waals surface area contributed by atoms with Gasteiger partial charge in [-0.05, 0) is 40.7 Å². The van der Waals surface area contributed by atoms with Crippen LogP contribution >= 0.6 is 0 Å². The van der Waals surface area contributed by atoms with Gasteiger partial charge in [0.25, 0.3) is 0 Å². The quantitative estimate of drug-likeness (QED) is 0.513. The van der Waals surface area contributed by atoms with Crippen molar-refractivity contribution in [3.63, 3.8) is 0 Å². The van der Waals surface area contributed by atoms with Crippen molar-refractivity contribution in [2.24, 2.45) is 0 Å². The minimum atomic E-state index is -4.66. The van der Waals surface area contributed by atoms with Crippen molar-refractivity contribution >= 4 is 22.8 Å². The summed E-state index contributed by atoms with van der Waals surface area (Å²) in [6.45, 7) is 9.78. The highest BCUT2D eigenvalue weighted by Gasteiger charge is 2.54. The molecule has 0 unspecified atom stereocenters. The molecule has 0 atom stereocenters. The number of alkyl halides is 3. The summed E-state index contributed by atoms with van der Waals surface area (Å²) in [7, 11) is -0.133. The molecule has 1 fully saturated rings. The second-order valence-corrected chi connectivity index (χ2v) is 9.18. The van der Waals surface area contributed by atoms with E-state index >= 15 is 0 Å². The Morgan fingerprint density at radius 2 is 1.76 bits per heavy atom. The molecule has 3 rings (SSSR count). The van der Waals surface area contributed by atoms with Crippen molar-refractivity contribution in [3.8, 4) is 5.82 Å². The first kappa shape index (κ1) is 22.1. The number of ether oxygens (including phenoxy) is 1. The molecule has 0 radical (unpaired) electrons. The lowest BCUT2D eigenvalue weighted by atomic mass is 9.79. The van der Waals surface area contributed by atoms with Crippen molar-refractivity contribution in [1.82, 2.24) is 19.6 Å². The summed E-state index contributed by atoms with van der Waals surface area (Å²) in [6, 6.07) is 0.999. The van der Waals surface area contributed by atoms with Gasteiger partial charge in [0.15, 0.2) is 11.5 Å². The lowest BCUT2D eigenvalue weighted by Crippen LogP contribution is -2.41. The van der Waals surface area contributed by atoms with E-state index in [-0.39, 0.29) is 12.2 Å². The molecule has 0 aromatic carbocycles. The maximum atomic E-state index is 13.7. The number of rotatable bonds is 6. The largest absolute Gasteiger partial charge is 0.498 e. The van der Waals surface area contributed by atoms with E-state index in [2.05, 4.69) is 10.2 Å². The van der Waals surface area contributed by atoms with Gasteiger partial charge in [0.05, 0.1) is 11.2 Å². The first-order valence-corrected chi connectivity index (χ1v) is 10.9. The van der Waals surface area contributed by atoms with E-state index in [0.717, 1.165) is 21.0 Å². The number of hydrogen-bond donors (Lipinski definition) is 0. The average molecular weight is 430 g/mol. The van der Waals surface area contributed by atoms with Gasteiger partial charge in [-0.3, -0.25) is 0 Å². The van der Waals surface area contributed by atoms with Crippen LogP contribution in [-0.2, 0) is 27.0 Å². The molecule has 2 aromatic heterocycles. The molecule has 29 heavy (non-hydrogen) atoms. The lowest BCUT2D eigenvalue weighted by Gasteiger charge is -2.32. The first-order valence-electron chi connectivity index (χ1n) is 9.50. The summed E-state index contributed by atoms with van der Waals surface area (Å²) in [5, 5.41) is 8.11. The Morgan fingerprint density at radius 1 is 1.14 bits per heavy atom. The highest BCUT2D eigenvalue weighted by molar-refractivity contribution is 6.62. The SMILES string of the molecule is Cc1cn(COCC[SiH3])nc1-n1cc(B2OC(C)(C)C(C)(C)O2)c(C(F)(F)F)n1. The molecule has 1 aliphatic rings. The average Bonchev–Trinajstić information content (AvgIpc) is 3.22. The maximum absolute atomic E-state index is 13.7. The second-order valence-electron chi connectivity index (χ2n) is 8.18. The van der Waals surface area contributed by atoms with Crippen LogP contribution in [-0.4, -0.2) is 54.7 Å². The van der Waals surface area contributed by atoms with Crippen molar-refractivity contribution in [1.29, 1.82) is 0 Å². The highest BCUT2D eigenvalue weighted by atomic mass is 28.1. The second kappa shape index (κ2) is 7.56. The van der Waals surface area contributed by atoms with Gasteiger partial charge in [0.1, 0.15) is 6.73 Å². The van der Waals surface area contributed by atoms with Gasteiger partial charge >= 0.3 is 13.3 Å². The molecule has 1 saturated heterocycles. The van der Waals surface area contributed by atoms with Crippen LogP contribution in [0.15, 0.2) is 12.4 Å². The van der Waals surface area contributed by atoms with Crippen LogP contribution in [0.25, 0.3) is 5.82 Å². The van der Waals surface area contributed by atoms with E-state index in [1.807, 2.05) is 0 Å². The standard InChI is InChI=1S/C17H26BF3N4O3Si/c1-11-8-24(10-26-6-7-29)23-14(11)25-9-12(13(22-25)17(19,20)21)18-27-15(2,3)16(4,5)28-18/h8-9H,6-7,10H2,1-5,29H3. The van der Waals surface area contributed by atoms with E-state index in [1.165, 1.54) is 6.20 Å². The molecule has 0 spiro atoms. The van der Waals surface area contributed by atoms with Crippen molar-refractivity contribution in [2.45, 2.75) is 64.8 Å². The third kappa shape index (κ3) is 4.30. The fraction of sp³-hybridized carbons (Fsp3) is 0.647. The Hall–Kier alpha value is -1.63. The van der Waals surface area contributed by atoms with E-state index < -0.39 is 30.2 Å². The molecular weight excluding hydrogens is 404 g/mol. The Labute approximate surface area is 171 Å². The predicted octanol–water partition coefficient (Wildman–Crippen LogP) is 1.45. The van der Waals surface area contributed by atoms with E-state index in [1.54, 1.807) is 45.5 Å². The van der Waals surface area contributed by atoms with E-state index in [0.29, 0.717) is 18.0 Å². The molecule has 3 heterocycles. The molecule has 160 valence electrons. The van der Waals surface area contributed by atoms with Crippen LogP contribution in [0.3, 0.4) is 0 Å². The van der Waals surface area contributed by atoms with Gasteiger partial charge in [-0.1, -0.05) is 0 Å². The zero-order valence-corrected chi connectivity index (χ0v) is 19.5. The van der Waals surface area contributed by atoms with Crippen molar-refractivity contribution in [3.05, 3.63) is 23.7 Å². The summed E-state index contributed by atoms with van der Waals surface area (Å²) < 4.78 is 60.9. The molecule has 7 nitrogen and oxygen atoms in total. The van der Waals surface area contributed by atoms with Crippen molar-refractivity contribution in [2.75, 3.05) is 6.61 Å². The Morgan fingerprint density at radius 3 is 2.31 bits per heavy atom. The highest BCUT2D eigenvalue weighted by Crippen LogP contribution is 2.38. The Bertz CT molecular complexity index is 866. The van der Waals surface area contributed by atoms with Crippen LogP contribution in [0.1, 0.15) is 39.0 Å². The first-order chi connectivity index (χ1) is 13.4. The number of nitrogens with zero attached hydrogens (tertiary/aromatic N) is 4. The monoisotopic (exact) mass is 430 g/mol. The minimum absolute atomic E-state index is 0.169. The molecular formula is C17H26BF3N4O3Si. The summed E-state index contributed by atoms with van der Waals surface area (Å²) >= 11 is 0. The number of halogens is 3. The molecule has 0 bridgehead atoms. The molecule has 0 aliphatic carbocycles. The van der Waals surface area contributed by atoms with Crippen LogP contribution in [0.5, 0.6) is 0 Å². The van der Waals surface area contributed by atoms with Gasteiger partial charge in [0.2, 0.25) is 0 Å². The summed E-state index contributed by atoms with van der Waals surface area (Å²) in [4.78, 5) is 0. The molecule has 1 aliphatic heterocycles. The molecule has 12 heteroatoms. The zero-order chi connectivity index (χ0) is 21.6. The molecule has 0 amide bonds. The van der Waals surface area contributed by atoms with Crippen molar-refractivity contribution < 1.29 is 27.2 Å². The van der Waals surface area contributed by atoms with Gasteiger partial charge < -0.3 is 14.0 Å². The van der Waals surface area contributed by atoms with Gasteiger partial charge in [-0.15, -0.1) is 0 Å². The van der Waals surface area contributed by atoms with Gasteiger partial charge in [0, 0.05) is 40.3 Å². The molecule has 0 saturated carbocycles. The minimum Gasteiger partial charge on any atom is -0.399 e. The number of aryl methyl sites for hydroxylation is 1. The van der Waals surface area contributed by atoms with E-state index in [9.17, 15) is 13.2 Å². The van der Waals surface area contributed by atoms with Gasteiger partial charge in [-0.25, -0.2) is 9.36 Å². The third-order valence-corrected chi connectivity index (χ3v) is 5.63. The fourth-order valence-electron chi connectivity index (χ4n) is 2.96. The topological polar surface area (TPSA) is 63.3 Å². The van der Waals surface area contributed by atoms with Crippen LogP contribution in [0, 0.1) is 6.92 Å². The zero-order valence-electron chi connectivity index (χ0n) is 17.5. The molecule has 0 N–H and O–H groups in total. The van der Waals surface area contributed by atoms with E-state index in [4.69, 9.17) is 14.0 Å². The smallest absolute Gasteiger partial charge is 0.399 e. The lowest BCUT2D eigenvalue weighted by molar-refractivity contribution is -0.140. The van der Waals surface area contributed by atoms with Crippen LogP contribution < -0.4 is 5.46 Å². The maximum Gasteiger partial charge on any atom is 0.498 e. The summed E-state index contributed by atoms with van der Waals surface area (Å²) in [5.74, 6) is 0.299. The van der Waals surface area contributed by atoms with Crippen LogP contribution in [0.2, 0.25) is 6.04 Å². The summed E-state index contributed by atoms with van der Waals surface area (Å²) in [5.41, 5.74) is -2.07. The number of aromatic nitrogens is 4. The normalized spacial score (nSPS) is 18.7. The Balaban J connectivity index is 1.97. The molecule has 2 aromatic rings. The Kier molecular flexibility index (Phi) is 5.76. The predicted molar refractivity (Wildman–Crippen MR) is 106 cm³/mol. The number of hydrogen-bond acceptors (Lipinski definition) is 5.